The Bertz CT molecular complexity index is 1230. The Morgan fingerprint density at radius 1 is 1.11 bits per heavy atom. The van der Waals surface area contributed by atoms with Gasteiger partial charge in [0.1, 0.15) is 34.7 Å². The van der Waals surface area contributed by atoms with Crippen LogP contribution in [-0.4, -0.2) is 58.3 Å². The molecule has 0 bridgehead atoms. The molecule has 0 spiro atoms. The van der Waals surface area contributed by atoms with Gasteiger partial charge in [-0.1, -0.05) is 35.9 Å². The standard InChI is InChI=1S/C25H22BrClN2O6S/c1-14(30)34-12-17-13-36-24-20(28-22(26)16-5-7-18(27)8-6-16)23(31)29(24)21(17)25(32)35-11-15-3-9-19(33-2)10-4-15/h3-10,20,24H,11-13H2,1-2H3/t20-,24-/m1/s1. The molecule has 2 aliphatic rings. The molecule has 0 aliphatic carbocycles. The first kappa shape index (κ1) is 26.2. The third-order valence-electron chi connectivity index (χ3n) is 5.53. The molecule has 2 aromatic rings. The number of hydrogen-bond donors (Lipinski definition) is 0. The van der Waals surface area contributed by atoms with E-state index in [2.05, 4.69) is 20.9 Å². The number of benzene rings is 2. The molecule has 8 nitrogen and oxygen atoms in total. The van der Waals surface area contributed by atoms with Crippen LogP contribution in [0, 0.1) is 0 Å². The number of nitrogens with zero attached hydrogens (tertiary/aromatic N) is 2. The molecular weight excluding hydrogens is 572 g/mol. The van der Waals surface area contributed by atoms with Crippen LogP contribution in [-0.2, 0) is 30.5 Å². The number of rotatable bonds is 8. The van der Waals surface area contributed by atoms with Crippen LogP contribution in [0.15, 0.2) is 64.8 Å². The van der Waals surface area contributed by atoms with Gasteiger partial charge in [0.15, 0.2) is 6.04 Å². The van der Waals surface area contributed by atoms with Crippen LogP contribution in [0.3, 0.4) is 0 Å². The highest BCUT2D eigenvalue weighted by Gasteiger charge is 2.54. The fourth-order valence-electron chi connectivity index (χ4n) is 3.66. The maximum Gasteiger partial charge on any atom is 0.355 e. The second-order valence-electron chi connectivity index (χ2n) is 7.94. The predicted molar refractivity (Wildman–Crippen MR) is 140 cm³/mol. The number of methoxy groups -OCH3 is 1. The lowest BCUT2D eigenvalue weighted by Crippen LogP contribution is -2.64. The second-order valence-corrected chi connectivity index (χ2v) is 10.2. The Kier molecular flexibility index (Phi) is 8.38. The number of amides is 1. The van der Waals surface area contributed by atoms with Crippen molar-refractivity contribution in [2.45, 2.75) is 24.9 Å². The monoisotopic (exact) mass is 592 g/mol. The summed E-state index contributed by atoms with van der Waals surface area (Å²) in [5.41, 5.74) is 2.15. The van der Waals surface area contributed by atoms with Gasteiger partial charge in [0, 0.05) is 28.8 Å². The average Bonchev–Trinajstić information content (AvgIpc) is 2.89. The lowest BCUT2D eigenvalue weighted by atomic mass is 10.0. The normalized spacial score (nSPS) is 19.4. The predicted octanol–water partition coefficient (Wildman–Crippen LogP) is 4.33. The number of carbonyl (C=O) groups excluding carboxylic acids is 3. The first-order valence-corrected chi connectivity index (χ1v) is 13.1. The zero-order chi connectivity index (χ0) is 25.8. The van der Waals surface area contributed by atoms with Crippen molar-refractivity contribution in [2.24, 2.45) is 4.99 Å². The number of β-lactam (4-membered cyclic amide) rings is 1. The van der Waals surface area contributed by atoms with Crippen LogP contribution in [0.5, 0.6) is 5.75 Å². The average molecular weight is 594 g/mol. The lowest BCUT2D eigenvalue weighted by molar-refractivity contribution is -0.151. The smallest absolute Gasteiger partial charge is 0.355 e. The quantitative estimate of drug-likeness (QED) is 0.255. The number of fused-ring (bicyclic) bond motifs is 1. The molecule has 1 fully saturated rings. The van der Waals surface area contributed by atoms with E-state index in [1.54, 1.807) is 55.6 Å². The van der Waals surface area contributed by atoms with Crippen molar-refractivity contribution in [3.63, 3.8) is 0 Å². The van der Waals surface area contributed by atoms with Gasteiger partial charge in [0.25, 0.3) is 5.91 Å². The molecule has 4 rings (SSSR count). The summed E-state index contributed by atoms with van der Waals surface area (Å²) in [5.74, 6) is -0.407. The molecule has 36 heavy (non-hydrogen) atoms. The number of halogens is 2. The van der Waals surface area contributed by atoms with Crippen molar-refractivity contribution < 1.29 is 28.6 Å². The molecule has 1 saturated heterocycles. The number of aliphatic imine (C=N–C) groups is 1. The van der Waals surface area contributed by atoms with Crippen LogP contribution in [0.4, 0.5) is 0 Å². The Balaban J connectivity index is 1.53. The molecule has 2 atom stereocenters. The van der Waals surface area contributed by atoms with Crippen molar-refractivity contribution >= 4 is 61.8 Å². The molecule has 1 amide bonds. The highest BCUT2D eigenvalue weighted by Crippen LogP contribution is 2.42. The first-order chi connectivity index (χ1) is 17.3. The van der Waals surface area contributed by atoms with Gasteiger partial charge in [-0.25, -0.2) is 4.79 Å². The number of ether oxygens (including phenoxy) is 3. The van der Waals surface area contributed by atoms with Gasteiger partial charge in [-0.05, 0) is 45.8 Å². The maximum absolute atomic E-state index is 13.2. The molecule has 0 aromatic heterocycles. The summed E-state index contributed by atoms with van der Waals surface area (Å²) >= 11 is 10.8. The van der Waals surface area contributed by atoms with E-state index in [9.17, 15) is 14.4 Å². The summed E-state index contributed by atoms with van der Waals surface area (Å²) in [6, 6.07) is 13.5. The second kappa shape index (κ2) is 11.5. The van der Waals surface area contributed by atoms with Gasteiger partial charge >= 0.3 is 11.9 Å². The highest BCUT2D eigenvalue weighted by atomic mass is 79.9. The van der Waals surface area contributed by atoms with Gasteiger partial charge in [-0.15, -0.1) is 11.8 Å². The summed E-state index contributed by atoms with van der Waals surface area (Å²) in [6.07, 6.45) is 0. The minimum Gasteiger partial charge on any atom is -0.497 e. The van der Waals surface area contributed by atoms with E-state index in [4.69, 9.17) is 25.8 Å². The summed E-state index contributed by atoms with van der Waals surface area (Å²) in [4.78, 5) is 43.7. The van der Waals surface area contributed by atoms with Crippen molar-refractivity contribution in [3.8, 4) is 5.75 Å². The van der Waals surface area contributed by atoms with Gasteiger partial charge in [0.05, 0.1) is 7.11 Å². The zero-order valence-electron chi connectivity index (χ0n) is 19.4. The van der Waals surface area contributed by atoms with Crippen LogP contribution in [0.2, 0.25) is 5.02 Å². The third-order valence-corrected chi connectivity index (χ3v) is 7.77. The van der Waals surface area contributed by atoms with Crippen LogP contribution >= 0.6 is 39.3 Å². The molecule has 2 aliphatic heterocycles. The first-order valence-electron chi connectivity index (χ1n) is 10.9. The number of hydrogen-bond acceptors (Lipinski definition) is 8. The molecule has 0 radical (unpaired) electrons. The number of esters is 2. The molecule has 0 N–H and O–H groups in total. The largest absolute Gasteiger partial charge is 0.497 e. The molecule has 11 heteroatoms. The lowest BCUT2D eigenvalue weighted by Gasteiger charge is -2.48. The molecule has 0 unspecified atom stereocenters. The summed E-state index contributed by atoms with van der Waals surface area (Å²) in [5, 5.41) is 0.206. The van der Waals surface area contributed by atoms with E-state index in [1.807, 2.05) is 0 Å². The Morgan fingerprint density at radius 3 is 2.44 bits per heavy atom. The van der Waals surface area contributed by atoms with Crippen molar-refractivity contribution in [2.75, 3.05) is 19.5 Å². The molecule has 2 heterocycles. The third kappa shape index (κ3) is 5.77. The summed E-state index contributed by atoms with van der Waals surface area (Å²) < 4.78 is 16.3. The van der Waals surface area contributed by atoms with E-state index in [0.717, 1.165) is 11.1 Å². The Morgan fingerprint density at radius 2 is 1.81 bits per heavy atom. The fraction of sp³-hybridized carbons (Fsp3) is 0.280. The summed E-state index contributed by atoms with van der Waals surface area (Å²) in [6.45, 7) is 1.19. The molecular formula is C25H22BrClN2O6S. The number of carbonyl (C=O) groups is 3. The minimum atomic E-state index is -0.681. The van der Waals surface area contributed by atoms with Crippen LogP contribution in [0.25, 0.3) is 0 Å². The van der Waals surface area contributed by atoms with E-state index >= 15 is 0 Å². The fourth-order valence-corrected chi connectivity index (χ4v) is 5.58. The van der Waals surface area contributed by atoms with Crippen molar-refractivity contribution in [1.82, 2.24) is 4.90 Å². The van der Waals surface area contributed by atoms with Crippen molar-refractivity contribution in [3.05, 3.63) is 76.0 Å². The Hall–Kier alpha value is -2.82. The van der Waals surface area contributed by atoms with E-state index in [0.29, 0.717) is 26.7 Å². The van der Waals surface area contributed by atoms with Crippen LogP contribution < -0.4 is 4.74 Å². The maximum atomic E-state index is 13.2. The molecule has 188 valence electrons. The minimum absolute atomic E-state index is 0.0106. The van der Waals surface area contributed by atoms with Crippen LogP contribution in [0.1, 0.15) is 18.1 Å². The zero-order valence-corrected chi connectivity index (χ0v) is 22.6. The van der Waals surface area contributed by atoms with Gasteiger partial charge < -0.3 is 14.2 Å². The Labute approximate surface area is 225 Å². The number of thioether (sulfide) groups is 1. The van der Waals surface area contributed by atoms with Gasteiger partial charge in [0.2, 0.25) is 0 Å². The highest BCUT2D eigenvalue weighted by molar-refractivity contribution is 9.18. The molecule has 0 saturated carbocycles. The van der Waals surface area contributed by atoms with E-state index in [1.165, 1.54) is 23.6 Å². The van der Waals surface area contributed by atoms with E-state index < -0.39 is 18.0 Å². The molecule has 2 aromatic carbocycles. The summed E-state index contributed by atoms with van der Waals surface area (Å²) in [7, 11) is 1.57. The van der Waals surface area contributed by atoms with Crippen molar-refractivity contribution in [1.29, 1.82) is 0 Å². The van der Waals surface area contributed by atoms with Gasteiger partial charge in [-0.2, -0.15) is 0 Å². The van der Waals surface area contributed by atoms with Gasteiger partial charge in [-0.3, -0.25) is 19.5 Å². The van der Waals surface area contributed by atoms with E-state index in [-0.39, 0.29) is 30.2 Å². The topological polar surface area (TPSA) is 94.5 Å². The SMILES string of the molecule is COc1ccc(COC(=O)C2=C(COC(C)=O)CS[C@@H]3[C@H](N=C(Br)c4ccc(Cl)cc4)C(=O)N23)cc1.